The summed E-state index contributed by atoms with van der Waals surface area (Å²) in [5, 5.41) is 18.3. The van der Waals surface area contributed by atoms with Crippen molar-refractivity contribution >= 4 is 70.0 Å². The van der Waals surface area contributed by atoms with E-state index in [2.05, 4.69) is 9.47 Å². The summed E-state index contributed by atoms with van der Waals surface area (Å²) in [5.41, 5.74) is 3.56. The van der Waals surface area contributed by atoms with Crippen LogP contribution in [0.2, 0.25) is 0 Å². The average Bonchev–Trinajstić information content (AvgIpc) is 4.05. The number of rotatable bonds is 14. The largest absolute Gasteiger partial charge is 1.00 e. The second-order valence-corrected chi connectivity index (χ2v) is 28.8. The van der Waals surface area contributed by atoms with Crippen molar-refractivity contribution in [3.05, 3.63) is 119 Å². The van der Waals surface area contributed by atoms with Crippen molar-refractivity contribution in [1.29, 1.82) is 0 Å². The van der Waals surface area contributed by atoms with Crippen LogP contribution >= 0.6 is 29.1 Å². The van der Waals surface area contributed by atoms with Gasteiger partial charge in [-0.15, -0.1) is 26.3 Å². The molecule has 8 rings (SSSR count). The second-order valence-electron chi connectivity index (χ2n) is 18.7. The predicted octanol–water partition coefficient (Wildman–Crippen LogP) is 1.56. The third kappa shape index (κ3) is 20.6. The van der Waals surface area contributed by atoms with Gasteiger partial charge in [-0.3, -0.25) is 37.7 Å². The van der Waals surface area contributed by atoms with Gasteiger partial charge in [0.2, 0.25) is 11.8 Å². The minimum Gasteiger partial charge on any atom is -0.286 e. The number of halogens is 10. The predicted molar refractivity (Wildman–Crippen MR) is 266 cm³/mol. The number of ether oxygens (including phenoxy) is 2. The molecule has 29 heteroatoms. The number of carbonyl (C=O) groups is 5. The molecule has 4 aliphatic rings. The fourth-order valence-corrected chi connectivity index (χ4v) is 11.0. The Balaban J connectivity index is 0.000000300. The van der Waals surface area contributed by atoms with Crippen LogP contribution in [0.15, 0.2) is 97.1 Å². The first kappa shape index (κ1) is 69.9. The number of unbranched alkanes of at least 4 members (excludes halogenated alkanes) is 1. The number of anilines is 2. The van der Waals surface area contributed by atoms with E-state index in [4.69, 9.17) is 47.9 Å². The number of carbonyl (C=O) groups excluding carboxylic acids is 4. The number of carboxylic acids is 1. The van der Waals surface area contributed by atoms with Gasteiger partial charge in [0, 0.05) is 86.4 Å². The van der Waals surface area contributed by atoms with Gasteiger partial charge in [-0.25, -0.2) is 0 Å². The van der Waals surface area contributed by atoms with Gasteiger partial charge in [0.05, 0.1) is 12.1 Å². The second kappa shape index (κ2) is 31.5. The summed E-state index contributed by atoms with van der Waals surface area (Å²) in [6, 6.07) is 23.9. The average molecular weight is 1420 g/mol. The molecule has 0 aromatic heterocycles. The standard InChI is InChI=1S/C26H27F3N2O5.C26H29F3N2O4.3ClH.IO4.Na.Ru/c1-16(32)30(15-5-10-23(33)34)24-19-6-2-3-8-21(19)31(22-9-4-7-20(22)24)25(35)17-11-13-18(14-12-17)36-26(27,28)29;1-17(33)30(15-4-5-16-32)24-20-7-2-3-9-22(20)31(23-10-6-8-21(23)24)25(34)18-11-13-19(14-12-18)35-26(27,28)29;;;;2-1(3,4)5;;/h2-3,6,8,11-14,20,22,24H,4-5,7,9-10,15H2,1H3,(H,33,34);2-3,7,9,11-14,21,23-24,32H,4-6,8,10,15-16H2,1H3;3*1H;;;/q;;;;;-1;+1;+3/p-3. The van der Waals surface area contributed by atoms with E-state index in [0.29, 0.717) is 38.0 Å². The first-order chi connectivity index (χ1) is 37.5. The van der Waals surface area contributed by atoms with E-state index in [-0.39, 0.29) is 119 Å². The normalized spacial score (nSPS) is 19.8. The first-order valence-corrected chi connectivity index (χ1v) is 35.0. The molecule has 4 amide bonds. The van der Waals surface area contributed by atoms with Crippen molar-refractivity contribution < 1.29 is 146 Å². The molecule has 17 nitrogen and oxygen atoms in total. The summed E-state index contributed by atoms with van der Waals surface area (Å²) in [6.07, 6.45) is -3.18. The molecule has 2 fully saturated rings. The Labute approximate surface area is 509 Å². The van der Waals surface area contributed by atoms with Crippen LogP contribution in [0.5, 0.6) is 11.5 Å². The zero-order valence-electron chi connectivity index (χ0n) is 43.7. The van der Waals surface area contributed by atoms with Gasteiger partial charge in [-0.2, -0.15) is 0 Å². The van der Waals surface area contributed by atoms with Crippen molar-refractivity contribution in [2.75, 3.05) is 29.5 Å². The first-order valence-electron chi connectivity index (χ1n) is 24.7. The minimum absolute atomic E-state index is 0. The number of hydrogen-bond acceptors (Lipinski definition) is 12. The summed E-state index contributed by atoms with van der Waals surface area (Å²) >= 11 is -7.69. The molecule has 2 heterocycles. The Morgan fingerprint density at radius 3 is 1.28 bits per heavy atom. The molecule has 6 unspecified atom stereocenters. The number of nitrogens with zero attached hydrogens (tertiary/aromatic N) is 4. The number of alkyl halides is 6. The maximum absolute atomic E-state index is 13.7. The molecule has 2 aliphatic carbocycles. The molecule has 0 spiro atoms. The summed E-state index contributed by atoms with van der Waals surface area (Å²) in [4.78, 5) is 70.8. The molecule has 2 saturated carbocycles. The maximum Gasteiger partial charge on any atom is 1.00 e. The molecule has 2 N–H and O–H groups in total. The van der Waals surface area contributed by atoms with Crippen molar-refractivity contribution in [3.8, 4) is 11.5 Å². The summed E-state index contributed by atoms with van der Waals surface area (Å²) in [7, 11) is 14.8. The van der Waals surface area contributed by atoms with Gasteiger partial charge in [0.1, 0.15) is 31.6 Å². The molecule has 2 aliphatic heterocycles. The van der Waals surface area contributed by atoms with Gasteiger partial charge in [0.15, 0.2) is 0 Å². The smallest absolute Gasteiger partial charge is 0.286 e. The number of aliphatic carboxylic acids is 1. The number of hydrogen-bond donors (Lipinski definition) is 2. The van der Waals surface area contributed by atoms with Gasteiger partial charge >= 0.3 is 90.3 Å². The van der Waals surface area contributed by atoms with E-state index in [0.717, 1.165) is 79.6 Å². The van der Waals surface area contributed by atoms with Crippen LogP contribution in [0.25, 0.3) is 0 Å². The van der Waals surface area contributed by atoms with E-state index in [1.165, 1.54) is 31.2 Å². The molecule has 4 aromatic carbocycles. The Morgan fingerprint density at radius 2 is 0.963 bits per heavy atom. The SMILES string of the molecule is CC(=O)N(CCCC(=O)O)C1c2ccccc2N(C(=O)c2ccc(OC(F)(F)F)cc2)C2CCCC12.CC(=O)N(CCCCO)C1c2ccccc2N(C(=O)c2ccc(OC(F)(F)F)cc2)C2CCCC12.[Cl][Ru]([Cl])[Cl].[Na+].[O-][I+3]([O-])([O-])[O-]. The van der Waals surface area contributed by atoms with Gasteiger partial charge < -0.3 is 39.3 Å². The Morgan fingerprint density at radius 1 is 0.617 bits per heavy atom. The molecule has 441 valence electrons. The van der Waals surface area contributed by atoms with E-state index in [1.807, 2.05) is 47.4 Å². The van der Waals surface area contributed by atoms with E-state index >= 15 is 0 Å². The number of aliphatic hydroxyl groups is 1. The third-order valence-electron chi connectivity index (χ3n) is 13.8. The van der Waals surface area contributed by atoms with Gasteiger partial charge in [0.25, 0.3) is 11.8 Å². The number of fused-ring (bicyclic) bond motifs is 4. The summed E-state index contributed by atoms with van der Waals surface area (Å²) in [5.74, 6) is -2.56. The number of amides is 4. The van der Waals surface area contributed by atoms with E-state index in [9.17, 15) is 55.4 Å². The molecule has 6 atom stereocenters. The monoisotopic (exact) mass is 1420 g/mol. The molecule has 0 saturated heterocycles. The van der Waals surface area contributed by atoms with Crippen LogP contribution in [0.4, 0.5) is 37.7 Å². The minimum atomic E-state index is -5.94. The summed E-state index contributed by atoms with van der Waals surface area (Å²) in [6.45, 7) is 3.89. The van der Waals surface area contributed by atoms with Crippen LogP contribution in [0, 0.1) is 11.8 Å². The van der Waals surface area contributed by atoms with Crippen molar-refractivity contribution in [1.82, 2.24) is 9.80 Å². The molecule has 81 heavy (non-hydrogen) atoms. The maximum atomic E-state index is 13.7. The molecule has 4 aromatic rings. The number of carboxylic acid groups (broad SMARTS) is 1. The Hall–Kier alpha value is -3.57. The van der Waals surface area contributed by atoms with E-state index in [1.54, 1.807) is 27.7 Å². The third-order valence-corrected chi connectivity index (χ3v) is 13.8. The fourth-order valence-electron chi connectivity index (χ4n) is 11.0. The van der Waals surface area contributed by atoms with Crippen LogP contribution < -0.4 is 82.7 Å². The molecule has 0 bridgehead atoms. The van der Waals surface area contributed by atoms with Crippen molar-refractivity contribution in [2.24, 2.45) is 11.8 Å². The fraction of sp³-hybridized carbons (Fsp3) is 0.442. The Bertz CT molecular complexity index is 2730. The van der Waals surface area contributed by atoms with Crippen molar-refractivity contribution in [3.63, 3.8) is 0 Å². The zero-order chi connectivity index (χ0) is 59.3. The topological polar surface area (TPSA) is 249 Å². The molecule has 0 radical (unpaired) electrons. The van der Waals surface area contributed by atoms with Crippen LogP contribution in [0.3, 0.4) is 0 Å². The van der Waals surface area contributed by atoms with Gasteiger partial charge in [-0.05, 0) is 117 Å². The zero-order valence-corrected chi connectivity index (χ0v) is 51.9. The van der Waals surface area contributed by atoms with Gasteiger partial charge in [-0.1, -0.05) is 49.2 Å². The van der Waals surface area contributed by atoms with E-state index < -0.39 is 57.5 Å². The molecular formula is C52H56Cl3F6IN4NaO13Ru. The number of para-hydroxylation sites is 2. The summed E-state index contributed by atoms with van der Waals surface area (Å²) < 4.78 is 117. The van der Waals surface area contributed by atoms with Crippen LogP contribution in [0.1, 0.15) is 122 Å². The van der Waals surface area contributed by atoms with Crippen molar-refractivity contribution in [2.45, 2.75) is 115 Å². The number of benzene rings is 4. The quantitative estimate of drug-likeness (QED) is 0.0789. The number of aliphatic hydroxyl groups excluding tert-OH is 1. The van der Waals surface area contributed by atoms with Crippen LogP contribution in [-0.4, -0.2) is 94.1 Å². The molecular weight excluding hydrogens is 1360 g/mol. The van der Waals surface area contributed by atoms with Crippen LogP contribution in [-0.2, 0) is 27.4 Å². The Kier molecular flexibility index (Phi) is 27.2.